The van der Waals surface area contributed by atoms with Gasteiger partial charge in [0.15, 0.2) is 13.9 Å². The minimum absolute atomic E-state index is 0.0714. The Hall–Kier alpha value is -4.47. The van der Waals surface area contributed by atoms with Crippen LogP contribution in [-0.2, 0) is 44.2 Å². The maximum Gasteiger partial charge on any atom is 0.269 e. The topological polar surface area (TPSA) is 175 Å². The standard InChI is InChI=1S/C39H47N5O8Si/c1-24-36(53(2,3)51)34(19-35(46)42-22-28-10-5-4-9-26(28)17-31(42)23-45)52-39(24)32-18-30(44(49)50)13-14-33(32)43(38(39)48)21-25-8-6-12-29(16-25)41-37(47)27-11-7-15-40-20-27/h4-6,8-10,12-14,16,18,24,27,31,34,36,40,45,51H,7,11,15,17,19-23H2,1-3H3,(H,41,47)/t24-,27?,31+,34+,36-,39+/m1/s1. The number of piperidine rings is 1. The molecule has 4 N–H and O–H groups in total. The number of benzene rings is 3. The Bertz CT molecular complexity index is 1930. The molecular weight excluding hydrogens is 695 g/mol. The molecule has 0 saturated carbocycles. The van der Waals surface area contributed by atoms with Gasteiger partial charge in [-0.2, -0.15) is 0 Å². The molecule has 3 aromatic rings. The van der Waals surface area contributed by atoms with Gasteiger partial charge in [0.2, 0.25) is 11.8 Å². The predicted molar refractivity (Wildman–Crippen MR) is 200 cm³/mol. The third-order valence-electron chi connectivity index (χ3n) is 11.6. The quantitative estimate of drug-likeness (QED) is 0.142. The summed E-state index contributed by atoms with van der Waals surface area (Å²) in [4.78, 5) is 68.6. The van der Waals surface area contributed by atoms with E-state index in [0.29, 0.717) is 36.4 Å². The summed E-state index contributed by atoms with van der Waals surface area (Å²) < 4.78 is 6.83. The molecule has 4 aliphatic rings. The number of carbonyl (C=O) groups is 3. The Morgan fingerprint density at radius 1 is 1.11 bits per heavy atom. The van der Waals surface area contributed by atoms with Gasteiger partial charge < -0.3 is 35.1 Å². The predicted octanol–water partition coefficient (Wildman–Crippen LogP) is 4.21. The van der Waals surface area contributed by atoms with E-state index < -0.39 is 48.4 Å². The van der Waals surface area contributed by atoms with Crippen molar-refractivity contribution >= 4 is 43.1 Å². The van der Waals surface area contributed by atoms with Gasteiger partial charge in [-0.15, -0.1) is 0 Å². The third-order valence-corrected chi connectivity index (χ3v) is 14.1. The van der Waals surface area contributed by atoms with E-state index in [-0.39, 0.29) is 43.0 Å². The molecule has 2 saturated heterocycles. The number of nitro groups is 1. The lowest BCUT2D eigenvalue weighted by molar-refractivity contribution is -0.385. The highest BCUT2D eigenvalue weighted by Crippen LogP contribution is 2.60. The molecule has 13 nitrogen and oxygen atoms in total. The van der Waals surface area contributed by atoms with Crippen LogP contribution in [0.3, 0.4) is 0 Å². The number of nitro benzene ring substituents is 1. The fourth-order valence-corrected chi connectivity index (χ4v) is 11.7. The number of aliphatic hydroxyl groups excluding tert-OH is 1. The Morgan fingerprint density at radius 3 is 2.58 bits per heavy atom. The first kappa shape index (κ1) is 36.9. The highest BCUT2D eigenvalue weighted by Gasteiger charge is 2.66. The number of fused-ring (bicyclic) bond motifs is 3. The third kappa shape index (κ3) is 6.78. The first-order chi connectivity index (χ1) is 25.3. The summed E-state index contributed by atoms with van der Waals surface area (Å²) in [6.45, 7) is 7.05. The van der Waals surface area contributed by atoms with Crippen molar-refractivity contribution in [1.29, 1.82) is 0 Å². The largest absolute Gasteiger partial charge is 0.432 e. The Labute approximate surface area is 309 Å². The van der Waals surface area contributed by atoms with Crippen molar-refractivity contribution in [3.63, 3.8) is 0 Å². The first-order valence-electron chi connectivity index (χ1n) is 18.4. The van der Waals surface area contributed by atoms with E-state index in [1.54, 1.807) is 35.0 Å². The number of hydrogen-bond donors (Lipinski definition) is 4. The molecule has 1 spiro atoms. The molecule has 3 amide bonds. The minimum Gasteiger partial charge on any atom is -0.432 e. The van der Waals surface area contributed by atoms with E-state index in [0.717, 1.165) is 36.1 Å². The van der Waals surface area contributed by atoms with Gasteiger partial charge in [-0.05, 0) is 73.8 Å². The molecule has 0 aromatic heterocycles. The lowest BCUT2D eigenvalue weighted by atomic mass is 9.82. The zero-order valence-electron chi connectivity index (χ0n) is 30.3. The number of hydrogen-bond acceptors (Lipinski definition) is 9. The smallest absolute Gasteiger partial charge is 0.269 e. The highest BCUT2D eigenvalue weighted by atomic mass is 28.4. The van der Waals surface area contributed by atoms with Gasteiger partial charge in [-0.3, -0.25) is 24.5 Å². The molecule has 14 heteroatoms. The van der Waals surface area contributed by atoms with Crippen molar-refractivity contribution < 1.29 is 33.9 Å². The van der Waals surface area contributed by atoms with E-state index in [2.05, 4.69) is 10.6 Å². The van der Waals surface area contributed by atoms with Crippen molar-refractivity contribution in [3.8, 4) is 0 Å². The SMILES string of the molecule is C[C@@H]1[C@@H]([Si](C)(C)O)[C@H](CC(=O)N2Cc3ccccc3C[C@H]2CO)O[C@@]12C(=O)N(Cc1cccc(NC(=O)C3CCCNC3)c1)c1ccc([N+](=O)[O-])cc12. The minimum atomic E-state index is -3.16. The van der Waals surface area contributed by atoms with Gasteiger partial charge >= 0.3 is 0 Å². The van der Waals surface area contributed by atoms with Gasteiger partial charge in [0.25, 0.3) is 11.6 Å². The van der Waals surface area contributed by atoms with Crippen LogP contribution < -0.4 is 15.5 Å². The molecule has 0 bridgehead atoms. The molecule has 1 unspecified atom stereocenters. The number of amides is 3. The molecule has 7 rings (SSSR count). The zero-order valence-corrected chi connectivity index (χ0v) is 31.3. The number of nitrogens with one attached hydrogen (secondary N) is 2. The van der Waals surface area contributed by atoms with Crippen molar-refractivity contribution in [3.05, 3.63) is 99.1 Å². The second-order valence-corrected chi connectivity index (χ2v) is 19.5. The lowest BCUT2D eigenvalue weighted by Crippen LogP contribution is -2.48. The van der Waals surface area contributed by atoms with Crippen LogP contribution in [0.1, 0.15) is 48.4 Å². The number of nitrogens with zero attached hydrogens (tertiary/aromatic N) is 3. The molecule has 0 aliphatic carbocycles. The van der Waals surface area contributed by atoms with Gasteiger partial charge in [0.05, 0.1) is 48.2 Å². The first-order valence-corrected chi connectivity index (χ1v) is 21.4. The normalized spacial score (nSPS) is 26.7. The van der Waals surface area contributed by atoms with Gasteiger partial charge in [-0.1, -0.05) is 43.3 Å². The van der Waals surface area contributed by atoms with E-state index in [9.17, 15) is 34.4 Å². The van der Waals surface area contributed by atoms with E-state index >= 15 is 0 Å². The number of ether oxygens (including phenoxy) is 1. The van der Waals surface area contributed by atoms with Crippen molar-refractivity contribution in [2.45, 2.75) is 82.1 Å². The molecule has 6 atom stereocenters. The summed E-state index contributed by atoms with van der Waals surface area (Å²) in [5.74, 6) is -1.54. The van der Waals surface area contributed by atoms with Gasteiger partial charge in [0, 0.05) is 47.9 Å². The monoisotopic (exact) mass is 741 g/mol. The molecular formula is C39H47N5O8Si. The summed E-state index contributed by atoms with van der Waals surface area (Å²) >= 11 is 0. The zero-order chi connectivity index (χ0) is 37.7. The maximum absolute atomic E-state index is 15.0. The van der Waals surface area contributed by atoms with Crippen LogP contribution in [0.5, 0.6) is 0 Å². The average Bonchev–Trinajstić information content (AvgIpc) is 3.57. The summed E-state index contributed by atoms with van der Waals surface area (Å²) in [6.07, 6.45) is 1.23. The summed E-state index contributed by atoms with van der Waals surface area (Å²) in [6, 6.07) is 19.0. The fourth-order valence-electron chi connectivity index (χ4n) is 9.12. The molecule has 2 fully saturated rings. The Balaban J connectivity index is 1.20. The van der Waals surface area contributed by atoms with Crippen LogP contribution in [0.15, 0.2) is 66.7 Å². The van der Waals surface area contributed by atoms with Crippen molar-refractivity contribution in [2.24, 2.45) is 11.8 Å². The van der Waals surface area contributed by atoms with Gasteiger partial charge in [0.1, 0.15) is 0 Å². The van der Waals surface area contributed by atoms with Crippen LogP contribution in [-0.4, -0.2) is 77.6 Å². The number of anilines is 2. The van der Waals surface area contributed by atoms with Crippen LogP contribution in [0, 0.1) is 22.0 Å². The summed E-state index contributed by atoms with van der Waals surface area (Å²) in [5.41, 5.74) is 1.69. The number of aliphatic hydroxyl groups is 1. The Kier molecular flexibility index (Phi) is 10.0. The molecule has 53 heavy (non-hydrogen) atoms. The van der Waals surface area contributed by atoms with Crippen LogP contribution >= 0.6 is 0 Å². The molecule has 3 aromatic carbocycles. The van der Waals surface area contributed by atoms with Gasteiger partial charge in [-0.25, -0.2) is 0 Å². The van der Waals surface area contributed by atoms with Crippen molar-refractivity contribution in [2.75, 3.05) is 29.9 Å². The van der Waals surface area contributed by atoms with E-state index in [1.807, 2.05) is 49.4 Å². The summed E-state index contributed by atoms with van der Waals surface area (Å²) in [5, 5.41) is 28.6. The number of non-ortho nitro benzene ring substituents is 1. The molecule has 4 heterocycles. The number of carbonyl (C=O) groups excluding carboxylic acids is 3. The van der Waals surface area contributed by atoms with Crippen LogP contribution in [0.25, 0.3) is 0 Å². The maximum atomic E-state index is 15.0. The summed E-state index contributed by atoms with van der Waals surface area (Å²) in [7, 11) is -3.16. The van der Waals surface area contributed by atoms with E-state index in [4.69, 9.17) is 4.74 Å². The molecule has 4 aliphatic heterocycles. The Morgan fingerprint density at radius 2 is 1.89 bits per heavy atom. The number of rotatable bonds is 9. The van der Waals surface area contributed by atoms with E-state index in [1.165, 1.54) is 12.1 Å². The fraction of sp³-hybridized carbons (Fsp3) is 0.462. The second kappa shape index (κ2) is 14.4. The average molecular weight is 742 g/mol. The molecule has 280 valence electrons. The second-order valence-electron chi connectivity index (χ2n) is 15.5. The highest BCUT2D eigenvalue weighted by molar-refractivity contribution is 6.71. The van der Waals surface area contributed by atoms with Crippen molar-refractivity contribution in [1.82, 2.24) is 10.2 Å². The van der Waals surface area contributed by atoms with Crippen LogP contribution in [0.4, 0.5) is 17.1 Å². The molecule has 0 radical (unpaired) electrons. The van der Waals surface area contributed by atoms with Crippen LogP contribution in [0.2, 0.25) is 18.6 Å². The lowest BCUT2D eigenvalue weighted by Gasteiger charge is -2.37.